The first-order valence-corrected chi connectivity index (χ1v) is 9.14. The second kappa shape index (κ2) is 10.1. The van der Waals surface area contributed by atoms with Gasteiger partial charge in [0.2, 0.25) is 5.91 Å². The van der Waals surface area contributed by atoms with E-state index >= 15 is 0 Å². The second-order valence-electron chi connectivity index (χ2n) is 6.56. The van der Waals surface area contributed by atoms with Gasteiger partial charge in [-0.15, -0.1) is 0 Å². The lowest BCUT2D eigenvalue weighted by Crippen LogP contribution is -2.47. The van der Waals surface area contributed by atoms with Crippen molar-refractivity contribution in [1.29, 1.82) is 0 Å². The molecule has 0 spiro atoms. The summed E-state index contributed by atoms with van der Waals surface area (Å²) >= 11 is 0. The molecule has 1 amide bonds. The van der Waals surface area contributed by atoms with Gasteiger partial charge in [0.25, 0.3) is 0 Å². The molecule has 0 atom stereocenters. The molecule has 0 aromatic heterocycles. The quantitative estimate of drug-likeness (QED) is 0.697. The first-order chi connectivity index (χ1) is 12.5. The Bertz CT molecular complexity index is 583. The average Bonchev–Trinajstić information content (AvgIpc) is 2.65. The summed E-state index contributed by atoms with van der Waals surface area (Å²) in [6.07, 6.45) is 2.34. The highest BCUT2D eigenvalue weighted by molar-refractivity contribution is 5.90. The number of nitrogens with one attached hydrogen (secondary N) is 1. The number of carbonyl (C=O) groups excluding carboxylic acids is 1. The lowest BCUT2D eigenvalue weighted by molar-refractivity contribution is -0.139. The summed E-state index contributed by atoms with van der Waals surface area (Å²) in [6, 6.07) is 7.60. The molecule has 0 aliphatic carbocycles. The number of ether oxygens (including phenoxy) is 1. The van der Waals surface area contributed by atoms with Crippen LogP contribution in [-0.2, 0) is 9.59 Å². The SMILES string of the molecule is CCN(CC(=O)O)C1CCN(CCC(=O)Nc2ccc(OC)cc2)CC1. The van der Waals surface area contributed by atoms with Crippen LogP contribution in [0.2, 0.25) is 0 Å². The number of carboxylic acid groups (broad SMARTS) is 1. The molecule has 0 radical (unpaired) electrons. The average molecular weight is 363 g/mol. The maximum absolute atomic E-state index is 12.1. The second-order valence-corrected chi connectivity index (χ2v) is 6.56. The molecule has 26 heavy (non-hydrogen) atoms. The van der Waals surface area contributed by atoms with Crippen LogP contribution >= 0.6 is 0 Å². The topological polar surface area (TPSA) is 82.1 Å². The van der Waals surface area contributed by atoms with Gasteiger partial charge in [-0.2, -0.15) is 0 Å². The Balaban J connectivity index is 1.70. The van der Waals surface area contributed by atoms with E-state index in [2.05, 4.69) is 10.2 Å². The summed E-state index contributed by atoms with van der Waals surface area (Å²) in [4.78, 5) is 27.3. The predicted octanol–water partition coefficient (Wildman–Crippen LogP) is 1.89. The molecule has 1 aliphatic rings. The number of rotatable bonds is 9. The molecule has 2 N–H and O–H groups in total. The minimum atomic E-state index is -0.774. The van der Waals surface area contributed by atoms with Crippen LogP contribution in [0.25, 0.3) is 0 Å². The number of aliphatic carboxylic acids is 1. The van der Waals surface area contributed by atoms with Crippen molar-refractivity contribution in [3.05, 3.63) is 24.3 Å². The van der Waals surface area contributed by atoms with Gasteiger partial charge < -0.3 is 20.1 Å². The van der Waals surface area contributed by atoms with Crippen LogP contribution in [0.15, 0.2) is 24.3 Å². The molecule has 1 fully saturated rings. The number of likely N-dealkylation sites (tertiary alicyclic amines) is 1. The Hall–Kier alpha value is -2.12. The van der Waals surface area contributed by atoms with Gasteiger partial charge in [0.1, 0.15) is 5.75 Å². The van der Waals surface area contributed by atoms with Gasteiger partial charge >= 0.3 is 5.97 Å². The van der Waals surface area contributed by atoms with E-state index in [0.29, 0.717) is 12.5 Å². The zero-order valence-corrected chi connectivity index (χ0v) is 15.6. The number of nitrogens with zero attached hydrogens (tertiary/aromatic N) is 2. The normalized spacial score (nSPS) is 15.8. The maximum Gasteiger partial charge on any atom is 0.317 e. The summed E-state index contributed by atoms with van der Waals surface area (Å²) in [7, 11) is 1.61. The van der Waals surface area contributed by atoms with Crippen LogP contribution in [0.4, 0.5) is 5.69 Å². The number of likely N-dealkylation sites (N-methyl/N-ethyl adjacent to an activating group) is 1. The molecule has 1 heterocycles. The third kappa shape index (κ3) is 6.31. The molecule has 1 aliphatic heterocycles. The Morgan fingerprint density at radius 2 is 1.92 bits per heavy atom. The van der Waals surface area contributed by atoms with E-state index in [1.165, 1.54) is 0 Å². The molecule has 144 valence electrons. The number of hydrogen-bond acceptors (Lipinski definition) is 5. The van der Waals surface area contributed by atoms with Crippen molar-refractivity contribution in [2.24, 2.45) is 0 Å². The lowest BCUT2D eigenvalue weighted by Gasteiger charge is -2.37. The highest BCUT2D eigenvalue weighted by Crippen LogP contribution is 2.17. The predicted molar refractivity (Wildman–Crippen MR) is 101 cm³/mol. The van der Waals surface area contributed by atoms with E-state index in [9.17, 15) is 9.59 Å². The van der Waals surface area contributed by atoms with E-state index in [1.807, 2.05) is 36.1 Å². The van der Waals surface area contributed by atoms with Gasteiger partial charge in [0.15, 0.2) is 0 Å². The minimum Gasteiger partial charge on any atom is -0.497 e. The van der Waals surface area contributed by atoms with E-state index < -0.39 is 5.97 Å². The van der Waals surface area contributed by atoms with E-state index in [1.54, 1.807) is 7.11 Å². The highest BCUT2D eigenvalue weighted by atomic mass is 16.5. The molecular weight excluding hydrogens is 334 g/mol. The van der Waals surface area contributed by atoms with Crippen LogP contribution in [0.1, 0.15) is 26.2 Å². The molecule has 0 bridgehead atoms. The zero-order chi connectivity index (χ0) is 18.9. The third-order valence-corrected chi connectivity index (χ3v) is 4.85. The number of carboxylic acids is 1. The van der Waals surface area contributed by atoms with Crippen molar-refractivity contribution in [3.8, 4) is 5.75 Å². The molecule has 1 aromatic carbocycles. The molecule has 7 heteroatoms. The Morgan fingerprint density at radius 1 is 1.27 bits per heavy atom. The fourth-order valence-electron chi connectivity index (χ4n) is 3.34. The molecule has 0 unspecified atom stereocenters. The van der Waals surface area contributed by atoms with Gasteiger partial charge in [0.05, 0.1) is 13.7 Å². The number of carbonyl (C=O) groups is 2. The van der Waals surface area contributed by atoms with Gasteiger partial charge in [-0.1, -0.05) is 6.92 Å². The van der Waals surface area contributed by atoms with Gasteiger partial charge in [-0.25, -0.2) is 0 Å². The number of methoxy groups -OCH3 is 1. The zero-order valence-electron chi connectivity index (χ0n) is 15.6. The Labute approximate surface area is 154 Å². The van der Waals surface area contributed by atoms with Gasteiger partial charge in [-0.05, 0) is 56.7 Å². The minimum absolute atomic E-state index is 0.00153. The fourth-order valence-corrected chi connectivity index (χ4v) is 3.34. The summed E-state index contributed by atoms with van der Waals surface area (Å²) in [6.45, 7) is 5.37. The van der Waals surface area contributed by atoms with Crippen molar-refractivity contribution in [3.63, 3.8) is 0 Å². The number of hydrogen-bond donors (Lipinski definition) is 2. The first kappa shape index (κ1) is 20.2. The van der Waals surface area contributed by atoms with E-state index in [4.69, 9.17) is 9.84 Å². The lowest BCUT2D eigenvalue weighted by atomic mass is 10.0. The summed E-state index contributed by atoms with van der Waals surface area (Å²) in [5.74, 6) is -0.0160. The van der Waals surface area contributed by atoms with Crippen molar-refractivity contribution in [2.45, 2.75) is 32.2 Å². The largest absolute Gasteiger partial charge is 0.497 e. The van der Waals surface area contributed by atoms with Crippen molar-refractivity contribution in [1.82, 2.24) is 9.80 Å². The van der Waals surface area contributed by atoms with Crippen LogP contribution < -0.4 is 10.1 Å². The smallest absolute Gasteiger partial charge is 0.317 e. The fraction of sp³-hybridized carbons (Fsp3) is 0.579. The van der Waals surface area contributed by atoms with Crippen LogP contribution in [0.3, 0.4) is 0 Å². The molecule has 1 aromatic rings. The molecule has 2 rings (SSSR count). The monoisotopic (exact) mass is 363 g/mol. The highest BCUT2D eigenvalue weighted by Gasteiger charge is 2.25. The summed E-state index contributed by atoms with van der Waals surface area (Å²) in [5, 5.41) is 11.9. The summed E-state index contributed by atoms with van der Waals surface area (Å²) < 4.78 is 5.10. The van der Waals surface area contributed by atoms with Gasteiger partial charge in [-0.3, -0.25) is 14.5 Å². The number of piperidine rings is 1. The van der Waals surface area contributed by atoms with Crippen LogP contribution in [-0.4, -0.2) is 72.7 Å². The maximum atomic E-state index is 12.1. The van der Waals surface area contributed by atoms with Crippen LogP contribution in [0, 0.1) is 0 Å². The van der Waals surface area contributed by atoms with Crippen molar-refractivity contribution >= 4 is 17.6 Å². The van der Waals surface area contributed by atoms with E-state index in [0.717, 1.165) is 50.5 Å². The molecular formula is C19H29N3O4. The van der Waals surface area contributed by atoms with E-state index in [-0.39, 0.29) is 12.5 Å². The molecule has 7 nitrogen and oxygen atoms in total. The third-order valence-electron chi connectivity index (χ3n) is 4.85. The van der Waals surface area contributed by atoms with Gasteiger partial charge in [0, 0.05) is 24.7 Å². The van der Waals surface area contributed by atoms with Crippen molar-refractivity contribution in [2.75, 3.05) is 45.2 Å². The van der Waals surface area contributed by atoms with Crippen LogP contribution in [0.5, 0.6) is 5.75 Å². The summed E-state index contributed by atoms with van der Waals surface area (Å²) in [5.41, 5.74) is 0.766. The number of amides is 1. The standard InChI is InChI=1S/C19H29N3O4/c1-3-22(14-19(24)25)16-8-11-21(12-9-16)13-10-18(23)20-15-4-6-17(26-2)7-5-15/h4-7,16H,3,8-14H2,1-2H3,(H,20,23)(H,24,25). The van der Waals surface area contributed by atoms with Crippen molar-refractivity contribution < 1.29 is 19.4 Å². The Morgan fingerprint density at radius 3 is 2.46 bits per heavy atom. The molecule has 1 saturated heterocycles. The molecule has 0 saturated carbocycles. The first-order valence-electron chi connectivity index (χ1n) is 9.14. The Kier molecular flexibility index (Phi) is 7.87. The number of anilines is 1. The number of benzene rings is 1.